The van der Waals surface area contributed by atoms with Crippen molar-refractivity contribution in [2.45, 2.75) is 160 Å². The Morgan fingerprint density at radius 3 is 1.14 bits per heavy atom. The Balaban J connectivity index is 1.75. The van der Waals surface area contributed by atoms with E-state index in [1.807, 2.05) is 0 Å². The Morgan fingerprint density at radius 1 is 0.482 bits per heavy atom. The summed E-state index contributed by atoms with van der Waals surface area (Å²) in [5.41, 5.74) is 17.3. The van der Waals surface area contributed by atoms with Crippen LogP contribution in [0.15, 0.2) is 97.1 Å². The molecule has 6 rings (SSSR count). The molecule has 0 nitrogen and oxygen atoms in total. The molecule has 0 spiro atoms. The van der Waals surface area contributed by atoms with E-state index in [2.05, 4.69) is 194 Å². The molecule has 0 bridgehead atoms. The molecule has 56 heavy (non-hydrogen) atoms. The fourth-order valence-electron chi connectivity index (χ4n) is 10.4. The number of fused-ring (bicyclic) bond motifs is 3. The average molecular weight is 826 g/mol. The summed E-state index contributed by atoms with van der Waals surface area (Å²) in [7, 11) is 0. The molecule has 0 saturated heterocycles. The Hall–Kier alpha value is -2.89. The SMILES string of the molecule is [CH2]=[Zr]([CH2]CCC)([CH2]CCC)([CH]1C=CC=C1)[CH]1c2cc(-c3ccc(C(C)(C)C)cc3)c(C(C)(C)C)cc2-c2cc(C(C)(C)C)c(-c3ccc(C(C)(C)C)cc3)cc21. The summed E-state index contributed by atoms with van der Waals surface area (Å²) in [6.45, 7) is 33.1. The topological polar surface area (TPSA) is 0 Å². The number of allylic oxidation sites excluding steroid dienone is 4. The molecule has 2 aliphatic carbocycles. The van der Waals surface area contributed by atoms with Crippen molar-refractivity contribution in [1.82, 2.24) is 0 Å². The second-order valence-electron chi connectivity index (χ2n) is 22.2. The van der Waals surface area contributed by atoms with Gasteiger partial charge in [-0.25, -0.2) is 0 Å². The van der Waals surface area contributed by atoms with Crippen LogP contribution in [0.3, 0.4) is 0 Å². The van der Waals surface area contributed by atoms with E-state index in [0.717, 1.165) is 0 Å². The van der Waals surface area contributed by atoms with Gasteiger partial charge in [0.1, 0.15) is 0 Å². The Labute approximate surface area is 343 Å². The molecule has 0 N–H and O–H groups in total. The van der Waals surface area contributed by atoms with Crippen LogP contribution in [0.25, 0.3) is 33.4 Å². The van der Waals surface area contributed by atoms with Crippen molar-refractivity contribution in [3.63, 3.8) is 0 Å². The molecule has 0 aliphatic heterocycles. The summed E-state index contributed by atoms with van der Waals surface area (Å²) in [5, 5.41) is 0. The van der Waals surface area contributed by atoms with Gasteiger partial charge in [-0.3, -0.25) is 0 Å². The van der Waals surface area contributed by atoms with E-state index in [-0.39, 0.29) is 21.7 Å². The van der Waals surface area contributed by atoms with Crippen molar-refractivity contribution in [2.24, 2.45) is 0 Å². The molecule has 0 fully saturated rings. The van der Waals surface area contributed by atoms with Crippen LogP contribution in [0, 0.1) is 0 Å². The molecule has 298 valence electrons. The number of rotatable bonds is 10. The van der Waals surface area contributed by atoms with Crippen molar-refractivity contribution < 1.29 is 18.3 Å². The summed E-state index contributed by atoms with van der Waals surface area (Å²) in [4.78, 5) is 0. The fraction of sp³-hybridized carbons (Fsp3) is 0.473. The molecule has 0 unspecified atom stereocenters. The third kappa shape index (κ3) is 7.82. The molecule has 0 aromatic heterocycles. The number of hydrogen-bond acceptors (Lipinski definition) is 0. The Bertz CT molecular complexity index is 2040. The maximum atomic E-state index is 5.87. The van der Waals surface area contributed by atoms with Crippen LogP contribution >= 0.6 is 0 Å². The van der Waals surface area contributed by atoms with Gasteiger partial charge in [0.15, 0.2) is 0 Å². The first-order chi connectivity index (χ1) is 26.0. The summed E-state index contributed by atoms with van der Waals surface area (Å²) in [6.07, 6.45) is 14.8. The van der Waals surface area contributed by atoms with Crippen LogP contribution in [-0.2, 0) is 40.0 Å². The van der Waals surface area contributed by atoms with Gasteiger partial charge in [-0.05, 0) is 0 Å². The quantitative estimate of drug-likeness (QED) is 0.149. The molecular weight excluding hydrogens is 752 g/mol. The second kappa shape index (κ2) is 15.0. The monoisotopic (exact) mass is 824 g/mol. The van der Waals surface area contributed by atoms with Crippen LogP contribution in [0.2, 0.25) is 11.9 Å². The van der Waals surface area contributed by atoms with E-state index in [1.165, 1.54) is 89.6 Å². The van der Waals surface area contributed by atoms with Gasteiger partial charge in [0.05, 0.1) is 0 Å². The molecule has 0 saturated carbocycles. The van der Waals surface area contributed by atoms with Gasteiger partial charge < -0.3 is 0 Å². The van der Waals surface area contributed by atoms with E-state index in [4.69, 9.17) is 4.21 Å². The predicted octanol–water partition coefficient (Wildman–Crippen LogP) is 16.8. The zero-order valence-corrected chi connectivity index (χ0v) is 40.3. The predicted molar refractivity (Wildman–Crippen MR) is 248 cm³/mol. The molecule has 0 atom stereocenters. The molecule has 0 amide bonds. The fourth-order valence-corrected chi connectivity index (χ4v) is 29.6. The van der Waals surface area contributed by atoms with Crippen LogP contribution < -0.4 is 0 Å². The maximum absolute atomic E-state index is 5.87. The molecule has 2 aliphatic rings. The minimum atomic E-state index is -4.18. The first kappa shape index (κ1) is 42.7. The van der Waals surface area contributed by atoms with Crippen molar-refractivity contribution >= 4 is 4.21 Å². The zero-order valence-electron chi connectivity index (χ0n) is 37.8. The van der Waals surface area contributed by atoms with E-state index in [0.29, 0.717) is 7.25 Å². The summed E-state index contributed by atoms with van der Waals surface area (Å²) < 4.78 is 9.23. The molecular formula is C55H74Zr. The van der Waals surface area contributed by atoms with Crippen molar-refractivity contribution in [1.29, 1.82) is 0 Å². The first-order valence-electron chi connectivity index (χ1n) is 22.0. The van der Waals surface area contributed by atoms with Crippen LogP contribution in [0.4, 0.5) is 0 Å². The third-order valence-corrected chi connectivity index (χ3v) is 32.6. The zero-order chi connectivity index (χ0) is 41.1. The third-order valence-electron chi connectivity index (χ3n) is 13.8. The van der Waals surface area contributed by atoms with Gasteiger partial charge in [-0.15, -0.1) is 0 Å². The normalized spacial score (nSPS) is 15.5. The Morgan fingerprint density at radius 2 is 0.839 bits per heavy atom. The minimum absolute atomic E-state index is 0.0310. The number of unbranched alkanes of at least 4 members (excludes halogenated alkanes) is 2. The van der Waals surface area contributed by atoms with Crippen LogP contribution in [-0.4, -0.2) is 4.21 Å². The van der Waals surface area contributed by atoms with Gasteiger partial charge in [0.25, 0.3) is 0 Å². The van der Waals surface area contributed by atoms with Gasteiger partial charge in [-0.2, -0.15) is 0 Å². The molecule has 0 radical (unpaired) electrons. The first-order valence-corrected chi connectivity index (χ1v) is 30.1. The molecule has 4 aromatic rings. The van der Waals surface area contributed by atoms with Gasteiger partial charge in [0, 0.05) is 0 Å². The van der Waals surface area contributed by atoms with Crippen molar-refractivity contribution in [2.75, 3.05) is 0 Å². The van der Waals surface area contributed by atoms with Gasteiger partial charge in [-0.1, -0.05) is 0 Å². The number of hydrogen-bond donors (Lipinski definition) is 0. The second-order valence-corrected chi connectivity index (χ2v) is 38.2. The summed E-state index contributed by atoms with van der Waals surface area (Å²) in [6, 6.07) is 29.8. The van der Waals surface area contributed by atoms with Gasteiger partial charge in [0.2, 0.25) is 0 Å². The average Bonchev–Trinajstić information content (AvgIpc) is 3.79. The molecule has 4 aromatic carbocycles. The standard InChI is InChI=1S/C41H49.C5H5.2C4H9.CH2.Zr/c1-38(2,3)30-17-13-26(14-18-30)34-22-28-21-29-23-35(27-15-19-31(20-16-27)39(4,5)6)37(41(10,11)12)25-33(29)32(28)24-36(34)40(7,8)9;1-2-4-5-3-1;2*1-3-4-2;;/h13-25H,1-12H3;1-5H;2*1,3-4H2,2H3;1H2;. The van der Waals surface area contributed by atoms with Crippen molar-refractivity contribution in [3.05, 3.63) is 130 Å². The van der Waals surface area contributed by atoms with Crippen LogP contribution in [0.1, 0.15) is 160 Å². The van der Waals surface area contributed by atoms with E-state index >= 15 is 0 Å². The Kier molecular flexibility index (Phi) is 11.5. The molecule has 0 heterocycles. The van der Waals surface area contributed by atoms with E-state index in [1.54, 1.807) is 11.1 Å². The van der Waals surface area contributed by atoms with Crippen molar-refractivity contribution in [3.8, 4) is 33.4 Å². The molecule has 1 heteroatoms. The van der Waals surface area contributed by atoms with Gasteiger partial charge >= 0.3 is 346 Å². The van der Waals surface area contributed by atoms with Crippen LogP contribution in [0.5, 0.6) is 0 Å². The van der Waals surface area contributed by atoms with E-state index in [9.17, 15) is 0 Å². The number of benzene rings is 4. The summed E-state index contributed by atoms with van der Waals surface area (Å²) >= 11 is -4.18. The van der Waals surface area contributed by atoms with E-state index < -0.39 is 18.3 Å². The summed E-state index contributed by atoms with van der Waals surface area (Å²) in [5.74, 6) is 0.